The Morgan fingerprint density at radius 3 is 2.33 bits per heavy atom. The molecule has 0 aromatic heterocycles. The van der Waals surface area contributed by atoms with E-state index in [1.807, 2.05) is 13.8 Å². The Morgan fingerprint density at radius 2 is 1.87 bits per heavy atom. The summed E-state index contributed by atoms with van der Waals surface area (Å²) in [6.45, 7) is 3.98. The van der Waals surface area contributed by atoms with Gasteiger partial charge in [0, 0.05) is 11.4 Å². The molecule has 0 unspecified atom stereocenters. The fraction of sp³-hybridized carbons (Fsp3) is 0.364. The summed E-state index contributed by atoms with van der Waals surface area (Å²) in [7, 11) is 0. The lowest BCUT2D eigenvalue weighted by Gasteiger charge is -2.13. The highest BCUT2D eigenvalue weighted by atomic mass is 79.9. The van der Waals surface area contributed by atoms with E-state index in [0.717, 1.165) is 5.69 Å². The molecule has 0 aliphatic carbocycles. The molecule has 82 valence electrons. The Morgan fingerprint density at radius 1 is 1.33 bits per heavy atom. The first-order valence-corrected chi connectivity index (χ1v) is 5.72. The number of anilines is 2. The van der Waals surface area contributed by atoms with Crippen molar-refractivity contribution in [1.82, 2.24) is 0 Å². The summed E-state index contributed by atoms with van der Waals surface area (Å²) < 4.78 is 0. The van der Waals surface area contributed by atoms with E-state index < -0.39 is 0 Å². The topological polar surface area (TPSA) is 55.1 Å². The fourth-order valence-electron chi connectivity index (χ4n) is 1.08. The molecule has 3 nitrogen and oxygen atoms in total. The van der Waals surface area contributed by atoms with Gasteiger partial charge < -0.3 is 11.1 Å². The van der Waals surface area contributed by atoms with Crippen molar-refractivity contribution < 1.29 is 4.79 Å². The predicted molar refractivity (Wildman–Crippen MR) is 67.0 cm³/mol. The van der Waals surface area contributed by atoms with Crippen LogP contribution >= 0.6 is 15.9 Å². The third-order valence-corrected chi connectivity index (χ3v) is 3.49. The van der Waals surface area contributed by atoms with Gasteiger partial charge in [0.1, 0.15) is 0 Å². The minimum Gasteiger partial charge on any atom is -0.399 e. The first kappa shape index (κ1) is 12.0. The Hall–Kier alpha value is -1.03. The number of rotatable bonds is 3. The van der Waals surface area contributed by atoms with E-state index in [0.29, 0.717) is 5.69 Å². The van der Waals surface area contributed by atoms with Crippen LogP contribution in [0.15, 0.2) is 24.3 Å². The summed E-state index contributed by atoms with van der Waals surface area (Å²) in [5.41, 5.74) is 6.99. The van der Waals surface area contributed by atoms with Crippen molar-refractivity contribution in [3.8, 4) is 0 Å². The lowest BCUT2D eigenvalue weighted by atomic mass is 10.1. The van der Waals surface area contributed by atoms with E-state index >= 15 is 0 Å². The van der Waals surface area contributed by atoms with Crippen LogP contribution in [0.4, 0.5) is 11.4 Å². The number of halogens is 1. The first-order valence-electron chi connectivity index (χ1n) is 4.81. The zero-order valence-electron chi connectivity index (χ0n) is 8.83. The number of carbonyl (C=O) groups is 1. The number of nitrogens with two attached hydrogens (primary N) is 1. The Bertz CT molecular complexity index is 335. The summed E-state index contributed by atoms with van der Waals surface area (Å²) in [6, 6.07) is 7.09. The Labute approximate surface area is 98.2 Å². The lowest BCUT2D eigenvalue weighted by Crippen LogP contribution is -2.26. The number of hydrogen-bond donors (Lipinski definition) is 2. The molecule has 1 amide bonds. The molecular formula is C11H15BrN2O. The van der Waals surface area contributed by atoms with Crippen LogP contribution in [-0.4, -0.2) is 10.7 Å². The fourth-order valence-corrected chi connectivity index (χ4v) is 1.19. The zero-order valence-corrected chi connectivity index (χ0v) is 10.4. The molecule has 1 aromatic carbocycles. The van der Waals surface area contributed by atoms with Crippen molar-refractivity contribution in [3.05, 3.63) is 24.3 Å². The maximum Gasteiger partial charge on any atom is 0.238 e. The smallest absolute Gasteiger partial charge is 0.238 e. The van der Waals surface area contributed by atoms with Crippen LogP contribution < -0.4 is 11.1 Å². The second-order valence-electron chi connectivity index (χ2n) is 3.76. The number of carbonyl (C=O) groups excluding carboxylic acids is 1. The van der Waals surface area contributed by atoms with Crippen molar-refractivity contribution in [2.45, 2.75) is 18.7 Å². The molecule has 0 radical (unpaired) electrons. The standard InChI is InChI=1S/C11H15BrN2O/c1-7(2)10(12)11(15)14-9-5-3-8(13)4-6-9/h3-7,10H,13H2,1-2H3,(H,14,15)/t10-/m0/s1. The molecule has 0 saturated carbocycles. The van der Waals surface area contributed by atoms with Crippen molar-refractivity contribution in [3.63, 3.8) is 0 Å². The number of alkyl halides is 1. The molecular weight excluding hydrogens is 256 g/mol. The third kappa shape index (κ3) is 3.55. The number of benzene rings is 1. The summed E-state index contributed by atoms with van der Waals surface area (Å²) >= 11 is 3.34. The molecule has 1 aromatic rings. The molecule has 1 atom stereocenters. The molecule has 0 aliphatic rings. The second kappa shape index (κ2) is 5.16. The number of amides is 1. The van der Waals surface area contributed by atoms with Gasteiger partial charge >= 0.3 is 0 Å². The molecule has 0 bridgehead atoms. The zero-order chi connectivity index (χ0) is 11.4. The predicted octanol–water partition coefficient (Wildman–Crippen LogP) is 2.63. The largest absolute Gasteiger partial charge is 0.399 e. The summed E-state index contributed by atoms with van der Waals surface area (Å²) in [6.07, 6.45) is 0. The van der Waals surface area contributed by atoms with E-state index in [2.05, 4.69) is 21.2 Å². The van der Waals surface area contributed by atoms with Gasteiger partial charge in [-0.3, -0.25) is 4.79 Å². The van der Waals surface area contributed by atoms with Crippen molar-refractivity contribution in [2.24, 2.45) is 5.92 Å². The van der Waals surface area contributed by atoms with Crippen LogP contribution in [0.5, 0.6) is 0 Å². The quantitative estimate of drug-likeness (QED) is 0.656. The van der Waals surface area contributed by atoms with Crippen molar-refractivity contribution >= 4 is 33.2 Å². The molecule has 1 rings (SSSR count). The van der Waals surface area contributed by atoms with Gasteiger partial charge in [-0.05, 0) is 30.2 Å². The van der Waals surface area contributed by atoms with E-state index in [1.54, 1.807) is 24.3 Å². The highest BCUT2D eigenvalue weighted by Crippen LogP contribution is 2.16. The van der Waals surface area contributed by atoms with E-state index in [4.69, 9.17) is 5.73 Å². The van der Waals surface area contributed by atoms with Gasteiger partial charge in [-0.1, -0.05) is 29.8 Å². The van der Waals surface area contributed by atoms with Gasteiger partial charge in [-0.2, -0.15) is 0 Å². The van der Waals surface area contributed by atoms with Gasteiger partial charge in [-0.25, -0.2) is 0 Å². The first-order chi connectivity index (χ1) is 7.00. The number of nitrogens with one attached hydrogen (secondary N) is 1. The van der Waals surface area contributed by atoms with Gasteiger partial charge in [0.2, 0.25) is 5.91 Å². The average Bonchev–Trinajstić information content (AvgIpc) is 2.20. The van der Waals surface area contributed by atoms with E-state index in [1.165, 1.54) is 0 Å². The molecule has 15 heavy (non-hydrogen) atoms. The monoisotopic (exact) mass is 270 g/mol. The molecule has 0 saturated heterocycles. The van der Waals surface area contributed by atoms with Crippen molar-refractivity contribution in [2.75, 3.05) is 11.1 Å². The SMILES string of the molecule is CC(C)[C@H](Br)C(=O)Nc1ccc(N)cc1. The van der Waals surface area contributed by atoms with Crippen LogP contribution in [-0.2, 0) is 4.79 Å². The van der Waals surface area contributed by atoms with Crippen LogP contribution in [0.25, 0.3) is 0 Å². The third-order valence-electron chi connectivity index (χ3n) is 2.01. The highest BCUT2D eigenvalue weighted by molar-refractivity contribution is 9.10. The summed E-state index contributed by atoms with van der Waals surface area (Å²) in [4.78, 5) is 11.5. The Balaban J connectivity index is 2.62. The minimum atomic E-state index is -0.171. The van der Waals surface area contributed by atoms with Gasteiger partial charge in [-0.15, -0.1) is 0 Å². The highest BCUT2D eigenvalue weighted by Gasteiger charge is 2.18. The normalized spacial score (nSPS) is 12.5. The molecule has 4 heteroatoms. The average molecular weight is 271 g/mol. The van der Waals surface area contributed by atoms with E-state index in [-0.39, 0.29) is 16.7 Å². The number of hydrogen-bond acceptors (Lipinski definition) is 2. The molecule has 0 spiro atoms. The van der Waals surface area contributed by atoms with Crippen LogP contribution in [0.2, 0.25) is 0 Å². The van der Waals surface area contributed by atoms with Crippen molar-refractivity contribution in [1.29, 1.82) is 0 Å². The van der Waals surface area contributed by atoms with Gasteiger partial charge in [0.25, 0.3) is 0 Å². The molecule has 0 aliphatic heterocycles. The molecule has 0 heterocycles. The molecule has 0 fully saturated rings. The van der Waals surface area contributed by atoms with Gasteiger partial charge in [0.05, 0.1) is 4.83 Å². The van der Waals surface area contributed by atoms with Crippen LogP contribution in [0, 0.1) is 5.92 Å². The van der Waals surface area contributed by atoms with Crippen LogP contribution in [0.1, 0.15) is 13.8 Å². The summed E-state index contributed by atoms with van der Waals surface area (Å²) in [5, 5.41) is 2.81. The number of nitrogen functional groups attached to an aromatic ring is 1. The minimum absolute atomic E-state index is 0.0326. The molecule has 3 N–H and O–H groups in total. The Kier molecular flexibility index (Phi) is 4.15. The maximum atomic E-state index is 11.6. The lowest BCUT2D eigenvalue weighted by molar-refractivity contribution is -0.116. The maximum absolute atomic E-state index is 11.6. The van der Waals surface area contributed by atoms with Gasteiger partial charge in [0.15, 0.2) is 0 Å². The second-order valence-corrected chi connectivity index (χ2v) is 4.74. The summed E-state index contributed by atoms with van der Waals surface area (Å²) in [5.74, 6) is 0.230. The van der Waals surface area contributed by atoms with Crippen LogP contribution in [0.3, 0.4) is 0 Å². The van der Waals surface area contributed by atoms with E-state index in [9.17, 15) is 4.79 Å².